The molecule has 0 saturated heterocycles. The third-order valence-corrected chi connectivity index (χ3v) is 4.56. The maximum absolute atomic E-state index is 12.7. The minimum absolute atomic E-state index is 0.270. The largest absolute Gasteiger partial charge is 0.496 e. The van der Waals surface area contributed by atoms with Crippen LogP contribution in [0.25, 0.3) is 0 Å². The highest BCUT2D eigenvalue weighted by Gasteiger charge is 2.12. The van der Waals surface area contributed by atoms with Crippen LogP contribution < -0.4 is 15.4 Å². The number of aryl methyl sites for hydroxylation is 1. The van der Waals surface area contributed by atoms with Gasteiger partial charge in [-0.05, 0) is 36.6 Å². The van der Waals surface area contributed by atoms with E-state index in [4.69, 9.17) is 4.74 Å². The lowest BCUT2D eigenvalue weighted by molar-refractivity contribution is 0.102. The van der Waals surface area contributed by atoms with Crippen LogP contribution in [0.3, 0.4) is 0 Å². The summed E-state index contributed by atoms with van der Waals surface area (Å²) in [6.07, 6.45) is 0. The van der Waals surface area contributed by atoms with Gasteiger partial charge in [0.25, 0.3) is 5.91 Å². The number of aromatic nitrogens is 2. The summed E-state index contributed by atoms with van der Waals surface area (Å²) in [5.41, 5.74) is 3.28. The third kappa shape index (κ3) is 5.31. The summed E-state index contributed by atoms with van der Waals surface area (Å²) >= 11 is 0. The second-order valence-corrected chi connectivity index (χ2v) is 7.08. The molecule has 0 aliphatic heterocycles. The second-order valence-electron chi connectivity index (χ2n) is 7.08. The number of carbonyl (C=O) groups excluding carboxylic acids is 1. The number of benzene rings is 2. The Morgan fingerprint density at radius 2 is 1.79 bits per heavy atom. The molecule has 1 aromatic heterocycles. The molecule has 6 nitrogen and oxygen atoms in total. The Morgan fingerprint density at radius 1 is 1.07 bits per heavy atom. The maximum Gasteiger partial charge on any atom is 0.274 e. The zero-order valence-electron chi connectivity index (χ0n) is 17.2. The molecule has 3 aromatic rings. The average Bonchev–Trinajstić information content (AvgIpc) is 2.72. The SMILES string of the molecule is COc1ccccc1CNc1cc(C(=O)Nc2ccc(C(C)C)cc2)nc(C)n1. The fourth-order valence-corrected chi connectivity index (χ4v) is 2.96. The number of amides is 1. The van der Waals surface area contributed by atoms with Gasteiger partial charge in [-0.1, -0.05) is 44.2 Å². The number of anilines is 2. The van der Waals surface area contributed by atoms with Gasteiger partial charge >= 0.3 is 0 Å². The van der Waals surface area contributed by atoms with Crippen LogP contribution in [0.1, 0.15) is 47.2 Å². The number of methoxy groups -OCH3 is 1. The van der Waals surface area contributed by atoms with E-state index in [1.54, 1.807) is 20.1 Å². The highest BCUT2D eigenvalue weighted by atomic mass is 16.5. The van der Waals surface area contributed by atoms with Crippen LogP contribution in [0, 0.1) is 6.92 Å². The minimum Gasteiger partial charge on any atom is -0.496 e. The van der Waals surface area contributed by atoms with Gasteiger partial charge in [-0.3, -0.25) is 4.79 Å². The number of rotatable bonds is 7. The summed E-state index contributed by atoms with van der Waals surface area (Å²) < 4.78 is 5.37. The fourth-order valence-electron chi connectivity index (χ4n) is 2.96. The van der Waals surface area contributed by atoms with Gasteiger partial charge in [0.1, 0.15) is 23.1 Å². The summed E-state index contributed by atoms with van der Waals surface area (Å²) in [7, 11) is 1.64. The molecule has 3 rings (SSSR count). The van der Waals surface area contributed by atoms with Crippen molar-refractivity contribution in [1.82, 2.24) is 9.97 Å². The summed E-state index contributed by atoms with van der Waals surface area (Å²) in [5.74, 6) is 2.09. The first-order chi connectivity index (χ1) is 14.0. The van der Waals surface area contributed by atoms with Crippen LogP contribution in [-0.2, 0) is 6.54 Å². The number of carbonyl (C=O) groups is 1. The Labute approximate surface area is 171 Å². The highest BCUT2D eigenvalue weighted by Crippen LogP contribution is 2.20. The molecular formula is C23H26N4O2. The minimum atomic E-state index is -0.270. The van der Waals surface area contributed by atoms with Crippen molar-refractivity contribution in [3.05, 3.63) is 77.2 Å². The van der Waals surface area contributed by atoms with Gasteiger partial charge < -0.3 is 15.4 Å². The van der Waals surface area contributed by atoms with Crippen LogP contribution in [0.4, 0.5) is 11.5 Å². The molecule has 150 valence electrons. The monoisotopic (exact) mass is 390 g/mol. The van der Waals surface area contributed by atoms with Gasteiger partial charge in [0, 0.05) is 23.9 Å². The van der Waals surface area contributed by atoms with E-state index in [2.05, 4.69) is 34.4 Å². The smallest absolute Gasteiger partial charge is 0.274 e. The Morgan fingerprint density at radius 3 is 2.48 bits per heavy atom. The molecule has 1 heterocycles. The van der Waals surface area contributed by atoms with Gasteiger partial charge in [0.05, 0.1) is 7.11 Å². The van der Waals surface area contributed by atoms with E-state index in [0.29, 0.717) is 29.8 Å². The first-order valence-corrected chi connectivity index (χ1v) is 9.59. The van der Waals surface area contributed by atoms with E-state index in [1.165, 1.54) is 5.56 Å². The van der Waals surface area contributed by atoms with Gasteiger partial charge in [-0.15, -0.1) is 0 Å². The molecular weight excluding hydrogens is 364 g/mol. The topological polar surface area (TPSA) is 76.1 Å². The van der Waals surface area contributed by atoms with Gasteiger partial charge in [-0.25, -0.2) is 9.97 Å². The van der Waals surface area contributed by atoms with Gasteiger partial charge in [0.2, 0.25) is 0 Å². The standard InChI is InChI=1S/C23H26N4O2/c1-15(2)17-9-11-19(12-10-17)27-23(28)20-13-22(26-16(3)25-20)24-14-18-7-5-6-8-21(18)29-4/h5-13,15H,14H2,1-4H3,(H,27,28)(H,24,25,26). The predicted molar refractivity (Wildman–Crippen MR) is 116 cm³/mol. The molecule has 0 unspecified atom stereocenters. The Balaban J connectivity index is 1.71. The van der Waals surface area contributed by atoms with E-state index in [0.717, 1.165) is 17.0 Å². The van der Waals surface area contributed by atoms with Crippen LogP contribution in [0.15, 0.2) is 54.6 Å². The number of nitrogens with zero attached hydrogens (tertiary/aromatic N) is 2. The number of hydrogen-bond donors (Lipinski definition) is 2. The molecule has 1 amide bonds. The lowest BCUT2D eigenvalue weighted by Gasteiger charge is -2.12. The first kappa shape index (κ1) is 20.3. The molecule has 0 bridgehead atoms. The molecule has 2 N–H and O–H groups in total. The van der Waals surface area contributed by atoms with Crippen molar-refractivity contribution in [2.45, 2.75) is 33.2 Å². The van der Waals surface area contributed by atoms with Crippen molar-refractivity contribution in [1.29, 1.82) is 0 Å². The normalized spacial score (nSPS) is 10.7. The van der Waals surface area contributed by atoms with Crippen LogP contribution in [0.2, 0.25) is 0 Å². The molecule has 0 aliphatic rings. The maximum atomic E-state index is 12.7. The van der Waals surface area contributed by atoms with Crippen molar-refractivity contribution in [2.75, 3.05) is 17.7 Å². The molecule has 0 spiro atoms. The molecule has 0 saturated carbocycles. The average molecular weight is 390 g/mol. The van der Waals surface area contributed by atoms with Crippen LogP contribution >= 0.6 is 0 Å². The van der Waals surface area contributed by atoms with E-state index >= 15 is 0 Å². The molecule has 29 heavy (non-hydrogen) atoms. The van der Waals surface area contributed by atoms with E-state index in [1.807, 2.05) is 48.5 Å². The summed E-state index contributed by atoms with van der Waals surface area (Å²) in [6, 6.07) is 17.3. The Bertz CT molecular complexity index is 984. The number of ether oxygens (including phenoxy) is 1. The van der Waals surface area contributed by atoms with Crippen molar-refractivity contribution in [3.8, 4) is 5.75 Å². The molecule has 2 aromatic carbocycles. The lowest BCUT2D eigenvalue weighted by Crippen LogP contribution is -2.16. The summed E-state index contributed by atoms with van der Waals surface area (Å²) in [6.45, 7) is 6.56. The summed E-state index contributed by atoms with van der Waals surface area (Å²) in [5, 5.41) is 6.14. The van der Waals surface area contributed by atoms with Gasteiger partial charge in [-0.2, -0.15) is 0 Å². The molecule has 0 atom stereocenters. The molecule has 0 radical (unpaired) electrons. The third-order valence-electron chi connectivity index (χ3n) is 4.56. The van der Waals surface area contributed by atoms with E-state index in [-0.39, 0.29) is 5.91 Å². The summed E-state index contributed by atoms with van der Waals surface area (Å²) in [4.78, 5) is 21.3. The molecule has 0 aliphatic carbocycles. The molecule has 6 heteroatoms. The highest BCUT2D eigenvalue weighted by molar-refractivity contribution is 6.03. The fraction of sp³-hybridized carbons (Fsp3) is 0.261. The Kier molecular flexibility index (Phi) is 6.44. The number of nitrogens with one attached hydrogen (secondary N) is 2. The van der Waals surface area contributed by atoms with Crippen molar-refractivity contribution in [3.63, 3.8) is 0 Å². The van der Waals surface area contributed by atoms with E-state index in [9.17, 15) is 4.79 Å². The Hall–Kier alpha value is -3.41. The predicted octanol–water partition coefficient (Wildman–Crippen LogP) is 4.78. The second kappa shape index (κ2) is 9.19. The van der Waals surface area contributed by atoms with E-state index < -0.39 is 0 Å². The van der Waals surface area contributed by atoms with Crippen molar-refractivity contribution >= 4 is 17.4 Å². The molecule has 0 fully saturated rings. The lowest BCUT2D eigenvalue weighted by atomic mass is 10.0. The van der Waals surface area contributed by atoms with Crippen molar-refractivity contribution < 1.29 is 9.53 Å². The number of hydrogen-bond acceptors (Lipinski definition) is 5. The van der Waals surface area contributed by atoms with Crippen molar-refractivity contribution in [2.24, 2.45) is 0 Å². The van der Waals surface area contributed by atoms with Gasteiger partial charge in [0.15, 0.2) is 0 Å². The van der Waals surface area contributed by atoms with Crippen LogP contribution in [0.5, 0.6) is 5.75 Å². The van der Waals surface area contributed by atoms with Crippen LogP contribution in [-0.4, -0.2) is 23.0 Å². The zero-order valence-corrected chi connectivity index (χ0v) is 17.2. The first-order valence-electron chi connectivity index (χ1n) is 9.59. The quantitative estimate of drug-likeness (QED) is 0.607. The zero-order chi connectivity index (χ0) is 20.8. The number of para-hydroxylation sites is 1.